The highest BCUT2D eigenvalue weighted by atomic mass is 35.5. The quantitative estimate of drug-likeness (QED) is 0.840. The molecule has 0 radical (unpaired) electrons. The van der Waals surface area contributed by atoms with Gasteiger partial charge in [-0.05, 0) is 23.5 Å². The molecule has 0 aromatic heterocycles. The molecule has 0 spiro atoms. The fourth-order valence-electron chi connectivity index (χ4n) is 2.24. The first-order valence-electron chi connectivity index (χ1n) is 5.76. The molecule has 2 nitrogen and oxygen atoms in total. The van der Waals surface area contributed by atoms with Crippen LogP contribution in [0.5, 0.6) is 0 Å². The van der Waals surface area contributed by atoms with Crippen molar-refractivity contribution in [1.82, 2.24) is 0 Å². The van der Waals surface area contributed by atoms with Crippen molar-refractivity contribution in [3.05, 3.63) is 40.8 Å². The molecule has 1 fully saturated rings. The Bertz CT molecular complexity index is 482. The van der Waals surface area contributed by atoms with Gasteiger partial charge in [0.05, 0.1) is 10.3 Å². The Morgan fingerprint density at radius 3 is 2.50 bits per heavy atom. The van der Waals surface area contributed by atoms with Crippen LogP contribution in [-0.4, -0.2) is 11.1 Å². The van der Waals surface area contributed by atoms with Crippen LogP contribution in [0.15, 0.2) is 45.7 Å². The second-order valence-electron chi connectivity index (χ2n) is 5.05. The Morgan fingerprint density at radius 2 is 2.00 bits per heavy atom. The molecule has 4 heteroatoms. The fourth-order valence-corrected chi connectivity index (χ4v) is 3.37. The van der Waals surface area contributed by atoms with Crippen molar-refractivity contribution >= 4 is 29.3 Å². The lowest BCUT2D eigenvalue weighted by Gasteiger charge is -2.00. The summed E-state index contributed by atoms with van der Waals surface area (Å²) in [5.41, 5.74) is -0.191. The molecular formula is C14H15ClO2S. The summed E-state index contributed by atoms with van der Waals surface area (Å²) in [4.78, 5) is 12.1. The van der Waals surface area contributed by atoms with Gasteiger partial charge < -0.3 is 5.11 Å². The van der Waals surface area contributed by atoms with Crippen molar-refractivity contribution in [2.24, 2.45) is 17.3 Å². The van der Waals surface area contributed by atoms with Crippen LogP contribution in [0.1, 0.15) is 13.8 Å². The molecule has 0 saturated heterocycles. The van der Waals surface area contributed by atoms with Crippen LogP contribution in [0, 0.1) is 17.3 Å². The lowest BCUT2D eigenvalue weighted by Crippen LogP contribution is -2.02. The molecule has 2 atom stereocenters. The van der Waals surface area contributed by atoms with Crippen LogP contribution in [-0.2, 0) is 4.79 Å². The number of hydrogen-bond acceptors (Lipinski definition) is 2. The molecule has 0 heterocycles. The van der Waals surface area contributed by atoms with Crippen molar-refractivity contribution < 1.29 is 9.90 Å². The van der Waals surface area contributed by atoms with Gasteiger partial charge in [0.25, 0.3) is 0 Å². The van der Waals surface area contributed by atoms with Crippen LogP contribution in [0.4, 0.5) is 0 Å². The van der Waals surface area contributed by atoms with Crippen LogP contribution >= 0.6 is 23.4 Å². The number of benzene rings is 1. The Hall–Kier alpha value is -0.930. The predicted octanol–water partition coefficient (Wildman–Crippen LogP) is 4.22. The molecule has 2 rings (SSSR count). The second kappa shape index (κ2) is 4.98. The highest BCUT2D eigenvalue weighted by Crippen LogP contribution is 2.60. The Morgan fingerprint density at radius 1 is 1.39 bits per heavy atom. The molecule has 1 saturated carbocycles. The van der Waals surface area contributed by atoms with Gasteiger partial charge in [-0.3, -0.25) is 4.79 Å². The molecule has 0 amide bonds. The Balaban J connectivity index is 2.05. The summed E-state index contributed by atoms with van der Waals surface area (Å²) in [5, 5.41) is 9.08. The molecule has 2 unspecified atom stereocenters. The molecule has 96 valence electrons. The fraction of sp³-hybridized carbons (Fsp3) is 0.357. The van der Waals surface area contributed by atoms with E-state index in [0.717, 1.165) is 4.90 Å². The topological polar surface area (TPSA) is 37.3 Å². The van der Waals surface area contributed by atoms with Gasteiger partial charge in [0.1, 0.15) is 0 Å². The van der Waals surface area contributed by atoms with E-state index in [1.807, 2.05) is 50.3 Å². The largest absolute Gasteiger partial charge is 0.481 e. The first-order chi connectivity index (χ1) is 8.43. The minimum atomic E-state index is -0.740. The SMILES string of the molecule is CC1(C)C(/C=C(\Cl)Sc2ccccc2)C1C(=O)O. The average molecular weight is 283 g/mol. The number of aliphatic carboxylic acids is 1. The summed E-state index contributed by atoms with van der Waals surface area (Å²) in [7, 11) is 0. The smallest absolute Gasteiger partial charge is 0.307 e. The minimum absolute atomic E-state index is 0.0266. The number of carbonyl (C=O) groups is 1. The van der Waals surface area contributed by atoms with Crippen LogP contribution < -0.4 is 0 Å². The highest BCUT2D eigenvalue weighted by molar-refractivity contribution is 8.04. The first kappa shape index (κ1) is 13.5. The van der Waals surface area contributed by atoms with Gasteiger partial charge in [-0.2, -0.15) is 0 Å². The monoisotopic (exact) mass is 282 g/mol. The van der Waals surface area contributed by atoms with E-state index in [2.05, 4.69) is 0 Å². The molecule has 1 N–H and O–H groups in total. The highest BCUT2D eigenvalue weighted by Gasteiger charge is 2.61. The zero-order valence-corrected chi connectivity index (χ0v) is 11.8. The maximum Gasteiger partial charge on any atom is 0.307 e. The van der Waals surface area contributed by atoms with Crippen molar-refractivity contribution in [3.8, 4) is 0 Å². The molecule has 1 aromatic rings. The lowest BCUT2D eigenvalue weighted by molar-refractivity contribution is -0.139. The summed E-state index contributed by atoms with van der Waals surface area (Å²) in [6.07, 6.45) is 1.87. The summed E-state index contributed by atoms with van der Waals surface area (Å²) >= 11 is 7.64. The van der Waals surface area contributed by atoms with Crippen LogP contribution in [0.2, 0.25) is 0 Å². The summed E-state index contributed by atoms with van der Waals surface area (Å²) in [6.45, 7) is 3.93. The van der Waals surface area contributed by atoms with Crippen LogP contribution in [0.3, 0.4) is 0 Å². The number of rotatable bonds is 4. The van der Waals surface area contributed by atoms with E-state index in [1.54, 1.807) is 0 Å². The standard InChI is InChI=1S/C14H15ClO2S/c1-14(2)10(12(14)13(16)17)8-11(15)18-9-6-4-3-5-7-9/h3-8,10,12H,1-2H3,(H,16,17)/b11-8+. The number of hydrogen-bond donors (Lipinski definition) is 1. The molecule has 0 aliphatic heterocycles. The number of thioether (sulfide) groups is 1. The molecule has 0 bridgehead atoms. The van der Waals surface area contributed by atoms with E-state index in [-0.39, 0.29) is 17.3 Å². The van der Waals surface area contributed by atoms with Crippen molar-refractivity contribution in [1.29, 1.82) is 0 Å². The summed E-state index contributed by atoms with van der Waals surface area (Å²) in [6, 6.07) is 9.81. The third-order valence-corrected chi connectivity index (χ3v) is 4.64. The third kappa shape index (κ3) is 2.73. The van der Waals surface area contributed by atoms with Gasteiger partial charge in [-0.1, -0.05) is 61.5 Å². The number of carboxylic acids is 1. The molecule has 1 aromatic carbocycles. The normalized spacial score (nSPS) is 25.8. The van der Waals surface area contributed by atoms with Gasteiger partial charge in [0, 0.05) is 4.90 Å². The summed E-state index contributed by atoms with van der Waals surface area (Å²) < 4.78 is 0.642. The Kier molecular flexibility index (Phi) is 3.74. The lowest BCUT2D eigenvalue weighted by atomic mass is 10.1. The summed E-state index contributed by atoms with van der Waals surface area (Å²) in [5.74, 6) is -1.03. The predicted molar refractivity (Wildman–Crippen MR) is 74.6 cm³/mol. The van der Waals surface area contributed by atoms with Crippen molar-refractivity contribution in [2.75, 3.05) is 0 Å². The molecule has 18 heavy (non-hydrogen) atoms. The first-order valence-corrected chi connectivity index (χ1v) is 6.95. The second-order valence-corrected chi connectivity index (χ2v) is 6.80. The minimum Gasteiger partial charge on any atom is -0.481 e. The molecule has 1 aliphatic carbocycles. The zero-order valence-electron chi connectivity index (χ0n) is 10.3. The van der Waals surface area contributed by atoms with E-state index in [9.17, 15) is 4.79 Å². The molecular weight excluding hydrogens is 268 g/mol. The number of carboxylic acid groups (broad SMARTS) is 1. The van der Waals surface area contributed by atoms with Gasteiger partial charge in [0.2, 0.25) is 0 Å². The number of allylic oxidation sites excluding steroid dienone is 1. The van der Waals surface area contributed by atoms with E-state index in [4.69, 9.17) is 16.7 Å². The number of halogens is 1. The maximum absolute atomic E-state index is 11.0. The van der Waals surface area contributed by atoms with Gasteiger partial charge in [-0.25, -0.2) is 0 Å². The van der Waals surface area contributed by atoms with E-state index in [0.29, 0.717) is 4.36 Å². The van der Waals surface area contributed by atoms with E-state index in [1.165, 1.54) is 11.8 Å². The molecule has 1 aliphatic rings. The third-order valence-electron chi connectivity index (χ3n) is 3.45. The van der Waals surface area contributed by atoms with Crippen molar-refractivity contribution in [3.63, 3.8) is 0 Å². The van der Waals surface area contributed by atoms with Crippen LogP contribution in [0.25, 0.3) is 0 Å². The average Bonchev–Trinajstić information content (AvgIpc) is 2.81. The van der Waals surface area contributed by atoms with E-state index >= 15 is 0 Å². The van der Waals surface area contributed by atoms with E-state index < -0.39 is 5.97 Å². The maximum atomic E-state index is 11.0. The Labute approximate surface area is 116 Å². The zero-order chi connectivity index (χ0) is 13.3. The van der Waals surface area contributed by atoms with Crippen molar-refractivity contribution in [2.45, 2.75) is 18.7 Å². The van der Waals surface area contributed by atoms with Gasteiger partial charge >= 0.3 is 5.97 Å². The van der Waals surface area contributed by atoms with Gasteiger partial charge in [0.15, 0.2) is 0 Å². The van der Waals surface area contributed by atoms with Gasteiger partial charge in [-0.15, -0.1) is 0 Å².